The number of methoxy groups -OCH3 is 1. The number of aromatic nitrogens is 8. The van der Waals surface area contributed by atoms with Gasteiger partial charge in [0.1, 0.15) is 5.41 Å². The van der Waals surface area contributed by atoms with Crippen molar-refractivity contribution >= 4 is 34.8 Å². The zero-order valence-corrected chi connectivity index (χ0v) is 18.0. The van der Waals surface area contributed by atoms with Crippen LogP contribution in [0.5, 0.6) is 5.75 Å². The summed E-state index contributed by atoms with van der Waals surface area (Å²) in [5.41, 5.74) is -2.47. The number of nitrogens with one attached hydrogen (secondary N) is 2. The first-order valence-electron chi connectivity index (χ1n) is 9.70. The van der Waals surface area contributed by atoms with Crippen molar-refractivity contribution in [3.05, 3.63) is 41.6 Å². The molecule has 4 aromatic rings. The summed E-state index contributed by atoms with van der Waals surface area (Å²) in [6, 6.07) is 1.82. The molecule has 0 bridgehead atoms. The zero-order valence-electron chi connectivity index (χ0n) is 17.2. The number of urea groups is 1. The van der Waals surface area contributed by atoms with Crippen molar-refractivity contribution in [3.8, 4) is 11.6 Å². The summed E-state index contributed by atoms with van der Waals surface area (Å²) in [6.07, 6.45) is -0.883. The van der Waals surface area contributed by atoms with Crippen LogP contribution < -0.4 is 15.4 Å². The molecule has 34 heavy (non-hydrogen) atoms. The lowest BCUT2D eigenvalue weighted by Gasteiger charge is -2.23. The van der Waals surface area contributed by atoms with Gasteiger partial charge in [-0.3, -0.25) is 5.32 Å². The Labute approximate surface area is 193 Å². The van der Waals surface area contributed by atoms with Crippen molar-refractivity contribution in [2.75, 3.05) is 17.7 Å². The van der Waals surface area contributed by atoms with E-state index in [2.05, 4.69) is 41.1 Å². The van der Waals surface area contributed by atoms with Gasteiger partial charge in [-0.15, -0.1) is 15.0 Å². The molecule has 1 saturated carbocycles. The first kappa shape index (κ1) is 21.8. The van der Waals surface area contributed by atoms with Crippen LogP contribution in [-0.2, 0) is 5.41 Å². The molecule has 0 spiro atoms. The molecule has 0 radical (unpaired) electrons. The van der Waals surface area contributed by atoms with Gasteiger partial charge in [-0.05, 0) is 12.8 Å². The van der Waals surface area contributed by atoms with Crippen LogP contribution in [0.3, 0.4) is 0 Å². The number of ether oxygens (including phenoxy) is 1. The normalized spacial score (nSPS) is 14.7. The van der Waals surface area contributed by atoms with Gasteiger partial charge in [-0.2, -0.15) is 28.5 Å². The molecule has 5 rings (SSSR count). The van der Waals surface area contributed by atoms with Crippen LogP contribution in [0.4, 0.5) is 29.5 Å². The number of amides is 2. The highest BCUT2D eigenvalue weighted by Crippen LogP contribution is 2.60. The van der Waals surface area contributed by atoms with Gasteiger partial charge in [0, 0.05) is 12.1 Å². The summed E-state index contributed by atoms with van der Waals surface area (Å²) < 4.78 is 48.1. The maximum absolute atomic E-state index is 14.0. The number of carbonyl (C=O) groups excluding carboxylic acids is 1. The van der Waals surface area contributed by atoms with Gasteiger partial charge in [0.15, 0.2) is 22.4 Å². The van der Waals surface area contributed by atoms with Crippen LogP contribution in [0.2, 0.25) is 5.15 Å². The van der Waals surface area contributed by atoms with E-state index in [4.69, 9.17) is 16.3 Å². The van der Waals surface area contributed by atoms with Crippen molar-refractivity contribution in [3.63, 3.8) is 0 Å². The van der Waals surface area contributed by atoms with E-state index in [1.807, 2.05) is 0 Å². The lowest BCUT2D eigenvalue weighted by atomic mass is 10.00. The average molecular weight is 495 g/mol. The second-order valence-electron chi connectivity index (χ2n) is 7.36. The molecule has 4 aromatic heterocycles. The Morgan fingerprint density at radius 3 is 2.56 bits per heavy atom. The van der Waals surface area contributed by atoms with E-state index in [9.17, 15) is 18.0 Å². The van der Waals surface area contributed by atoms with E-state index in [1.54, 1.807) is 0 Å². The molecule has 0 aliphatic heterocycles. The molecule has 0 aromatic carbocycles. The zero-order chi connectivity index (χ0) is 24.1. The second kappa shape index (κ2) is 7.79. The molecule has 1 aliphatic rings. The largest absolute Gasteiger partial charge is 0.493 e. The van der Waals surface area contributed by atoms with Crippen molar-refractivity contribution in [1.29, 1.82) is 0 Å². The van der Waals surface area contributed by atoms with Gasteiger partial charge in [-0.25, -0.2) is 14.3 Å². The Morgan fingerprint density at radius 1 is 1.18 bits per heavy atom. The van der Waals surface area contributed by atoms with E-state index in [-0.39, 0.29) is 52.4 Å². The van der Waals surface area contributed by atoms with E-state index < -0.39 is 17.6 Å². The van der Waals surface area contributed by atoms with Crippen LogP contribution in [0.15, 0.2) is 30.7 Å². The molecule has 2 N–H and O–H groups in total. The highest BCUT2D eigenvalue weighted by Gasteiger charge is 2.66. The third-order valence-corrected chi connectivity index (χ3v) is 5.44. The molecule has 0 saturated heterocycles. The van der Waals surface area contributed by atoms with Crippen molar-refractivity contribution < 1.29 is 22.7 Å². The average Bonchev–Trinajstić information content (AvgIpc) is 3.24. The van der Waals surface area contributed by atoms with E-state index in [0.717, 1.165) is 10.7 Å². The van der Waals surface area contributed by atoms with Gasteiger partial charge >= 0.3 is 12.2 Å². The van der Waals surface area contributed by atoms with Crippen LogP contribution in [-0.4, -0.2) is 59.1 Å². The Balaban J connectivity index is 1.45. The minimum Gasteiger partial charge on any atom is -0.493 e. The fraction of sp³-hybridized carbons (Fsp3) is 0.278. The Hall–Kier alpha value is -4.01. The molecule has 16 heteroatoms. The number of anilines is 2. The number of nitrogens with zero attached hydrogens (tertiary/aromatic N) is 8. The van der Waals surface area contributed by atoms with Crippen LogP contribution in [0.1, 0.15) is 18.5 Å². The van der Waals surface area contributed by atoms with E-state index in [1.165, 1.54) is 36.4 Å². The Kier molecular flexibility index (Phi) is 5.00. The smallest absolute Gasteiger partial charge is 0.400 e. The van der Waals surface area contributed by atoms with Crippen molar-refractivity contribution in [1.82, 2.24) is 39.8 Å². The summed E-state index contributed by atoms with van der Waals surface area (Å²) in [4.78, 5) is 17.9. The fourth-order valence-electron chi connectivity index (χ4n) is 3.55. The van der Waals surface area contributed by atoms with Crippen LogP contribution in [0, 0.1) is 0 Å². The molecule has 2 amide bonds. The molecular weight excluding hydrogens is 481 g/mol. The maximum atomic E-state index is 14.0. The van der Waals surface area contributed by atoms with Crippen LogP contribution >= 0.6 is 11.6 Å². The standard InChI is InChI=1S/C18H14ClF3N10O2/c1-34-10-6-12(28-29-15(10)32-24-4-5-25-32)27-16(33)26-9-8-23-13-7-11(19)30-31(13)14(9)17(2-3-17)18(20,21)22/h4-8H,2-3H2,1H3,(H2,26,27,28,33). The number of halogens is 4. The third-order valence-electron chi connectivity index (χ3n) is 5.26. The predicted octanol–water partition coefficient (Wildman–Crippen LogP) is 3.00. The van der Waals surface area contributed by atoms with Crippen molar-refractivity contribution in [2.24, 2.45) is 0 Å². The first-order valence-corrected chi connectivity index (χ1v) is 10.1. The first-order chi connectivity index (χ1) is 16.2. The SMILES string of the molecule is COc1cc(NC(=O)Nc2cnc3cc(Cl)nn3c2C2(C(F)(F)F)CC2)nnc1-n1nccn1. The molecule has 12 nitrogen and oxygen atoms in total. The number of carbonyl (C=O) groups is 1. The van der Waals surface area contributed by atoms with Gasteiger partial charge < -0.3 is 10.1 Å². The summed E-state index contributed by atoms with van der Waals surface area (Å²) >= 11 is 5.89. The highest BCUT2D eigenvalue weighted by atomic mass is 35.5. The quantitative estimate of drug-likeness (QED) is 0.432. The highest BCUT2D eigenvalue weighted by molar-refractivity contribution is 6.29. The summed E-state index contributed by atoms with van der Waals surface area (Å²) in [6.45, 7) is 0. The minimum absolute atomic E-state index is 0.0255. The van der Waals surface area contributed by atoms with Crippen molar-refractivity contribution in [2.45, 2.75) is 24.4 Å². The maximum Gasteiger partial charge on any atom is 0.400 e. The summed E-state index contributed by atoms with van der Waals surface area (Å²) in [7, 11) is 1.38. The molecular formula is C18H14ClF3N10O2. The Bertz CT molecular complexity index is 1380. The van der Waals surface area contributed by atoms with E-state index in [0.29, 0.717) is 0 Å². The number of alkyl halides is 3. The summed E-state index contributed by atoms with van der Waals surface area (Å²) in [5.74, 6) is 0.345. The predicted molar refractivity (Wildman–Crippen MR) is 111 cm³/mol. The number of rotatable bonds is 5. The fourth-order valence-corrected chi connectivity index (χ4v) is 3.72. The lowest BCUT2D eigenvalue weighted by molar-refractivity contribution is -0.161. The van der Waals surface area contributed by atoms with Crippen LogP contribution in [0.25, 0.3) is 11.5 Å². The van der Waals surface area contributed by atoms with Gasteiger partial charge in [0.2, 0.25) is 5.82 Å². The number of hydrogen-bond donors (Lipinski definition) is 2. The minimum atomic E-state index is -4.57. The molecule has 1 fully saturated rings. The molecule has 0 atom stereocenters. The topological polar surface area (TPSA) is 137 Å². The molecule has 0 unspecified atom stereocenters. The molecule has 4 heterocycles. The molecule has 1 aliphatic carbocycles. The van der Waals surface area contributed by atoms with Gasteiger partial charge in [0.25, 0.3) is 0 Å². The monoisotopic (exact) mass is 494 g/mol. The van der Waals surface area contributed by atoms with Gasteiger partial charge in [0.05, 0.1) is 37.1 Å². The number of fused-ring (bicyclic) bond motifs is 1. The third kappa shape index (κ3) is 3.63. The summed E-state index contributed by atoms with van der Waals surface area (Å²) in [5, 5.41) is 24.4. The van der Waals surface area contributed by atoms with E-state index >= 15 is 0 Å². The lowest BCUT2D eigenvalue weighted by Crippen LogP contribution is -2.33. The Morgan fingerprint density at radius 2 is 1.91 bits per heavy atom. The number of hydrogen-bond acceptors (Lipinski definition) is 8. The van der Waals surface area contributed by atoms with Gasteiger partial charge in [-0.1, -0.05) is 11.6 Å². The second-order valence-corrected chi connectivity index (χ2v) is 7.74. The molecule has 176 valence electrons.